The van der Waals surface area contributed by atoms with Crippen molar-refractivity contribution in [3.05, 3.63) is 64.7 Å². The van der Waals surface area contributed by atoms with Gasteiger partial charge in [0.25, 0.3) is 0 Å². The summed E-state index contributed by atoms with van der Waals surface area (Å²) in [6.07, 6.45) is 9.34. The Labute approximate surface area is 277 Å². The van der Waals surface area contributed by atoms with Crippen molar-refractivity contribution in [3.8, 4) is 11.5 Å². The van der Waals surface area contributed by atoms with Crippen molar-refractivity contribution < 1.29 is 19.0 Å². The number of carbonyl (C=O) groups excluding carboxylic acids is 1. The van der Waals surface area contributed by atoms with Gasteiger partial charge < -0.3 is 14.2 Å². The number of hydrogen-bond acceptors (Lipinski definition) is 6. The summed E-state index contributed by atoms with van der Waals surface area (Å²) in [7, 11) is 0. The third-order valence-electron chi connectivity index (χ3n) is 9.60. The van der Waals surface area contributed by atoms with Crippen LogP contribution in [0.3, 0.4) is 0 Å². The normalized spacial score (nSPS) is 18.8. The molecule has 0 bridgehead atoms. The number of hydrogen-bond donors (Lipinski definition) is 0. The lowest BCUT2D eigenvalue weighted by Gasteiger charge is -2.42. The Morgan fingerprint density at radius 1 is 0.978 bits per heavy atom. The zero-order valence-electron chi connectivity index (χ0n) is 28.1. The molecule has 248 valence electrons. The maximum Gasteiger partial charge on any atom is 0.311 e. The van der Waals surface area contributed by atoms with Crippen molar-refractivity contribution in [2.24, 2.45) is 5.92 Å². The number of unbranched alkanes of at least 4 members (excludes halogenated alkanes) is 2. The summed E-state index contributed by atoms with van der Waals surface area (Å²) >= 11 is 0. The maximum atomic E-state index is 13.3. The summed E-state index contributed by atoms with van der Waals surface area (Å²) in [6, 6.07) is 15.1. The van der Waals surface area contributed by atoms with Crippen molar-refractivity contribution in [2.75, 3.05) is 45.9 Å². The van der Waals surface area contributed by atoms with Crippen LogP contribution in [0.2, 0.25) is 0 Å². The molecular formula is C38H55ClN2O4. The monoisotopic (exact) mass is 638 g/mol. The Balaban J connectivity index is 0.00000461. The Kier molecular flexibility index (Phi) is 13.4. The van der Waals surface area contributed by atoms with Crippen LogP contribution in [0.15, 0.2) is 48.0 Å². The zero-order valence-corrected chi connectivity index (χ0v) is 28.9. The second-order valence-corrected chi connectivity index (χ2v) is 13.7. The lowest BCUT2D eigenvalue weighted by molar-refractivity contribution is -0.134. The summed E-state index contributed by atoms with van der Waals surface area (Å²) in [6.45, 7) is 16.0. The number of nitrogens with zero attached hydrogens (tertiary/aromatic N) is 2. The van der Waals surface area contributed by atoms with Crippen LogP contribution >= 0.6 is 12.4 Å². The number of ether oxygens (including phenoxy) is 3. The predicted molar refractivity (Wildman–Crippen MR) is 185 cm³/mol. The van der Waals surface area contributed by atoms with E-state index < -0.39 is 5.60 Å². The van der Waals surface area contributed by atoms with Crippen molar-refractivity contribution in [1.82, 2.24) is 9.80 Å². The minimum atomic E-state index is -0.396. The molecule has 7 heteroatoms. The number of benzene rings is 2. The van der Waals surface area contributed by atoms with E-state index in [1.54, 1.807) is 0 Å². The molecule has 1 atom stereocenters. The number of aryl methyl sites for hydroxylation is 1. The van der Waals surface area contributed by atoms with Gasteiger partial charge in [-0.1, -0.05) is 69.9 Å². The first-order chi connectivity index (χ1) is 21.3. The molecule has 1 unspecified atom stereocenters. The highest BCUT2D eigenvalue weighted by Crippen LogP contribution is 2.49. The minimum Gasteiger partial charge on any atom is -0.483 e. The second kappa shape index (κ2) is 17.0. The number of morpholine rings is 1. The van der Waals surface area contributed by atoms with Gasteiger partial charge in [-0.2, -0.15) is 0 Å². The average Bonchev–Trinajstić information content (AvgIpc) is 3.00. The molecule has 0 radical (unpaired) electrons. The Hall–Kier alpha value is -2.38. The quantitative estimate of drug-likeness (QED) is 0.118. The van der Waals surface area contributed by atoms with Crippen molar-refractivity contribution in [2.45, 2.75) is 97.6 Å². The van der Waals surface area contributed by atoms with E-state index in [4.69, 9.17) is 14.2 Å². The standard InChI is InChI=1S/C38H54N2O4.ClH/c1-5-6-8-12-29(2)16-17-31-25-34(43-36(41)15-11-19-39-21-23-42-24-22-39)37-32-28-40(27-30-13-9-7-10-14-30)20-18-33(32)38(3,4)44-35(37)26-31;/h7,9-10,13-14,25-26,29H,5-6,8,11-12,15-24,27-28H2,1-4H3;1H. The number of fused-ring (bicyclic) bond motifs is 2. The van der Waals surface area contributed by atoms with Crippen LogP contribution in [0.5, 0.6) is 11.5 Å². The van der Waals surface area contributed by atoms with E-state index in [1.807, 2.05) is 0 Å². The van der Waals surface area contributed by atoms with Gasteiger partial charge in [0, 0.05) is 39.1 Å². The Morgan fingerprint density at radius 2 is 1.76 bits per heavy atom. The number of esters is 1. The summed E-state index contributed by atoms with van der Waals surface area (Å²) in [5.74, 6) is 2.05. The minimum absolute atomic E-state index is 0. The zero-order chi connectivity index (χ0) is 30.9. The molecule has 2 aromatic carbocycles. The first-order valence-corrected chi connectivity index (χ1v) is 17.2. The van der Waals surface area contributed by atoms with Gasteiger partial charge in [-0.3, -0.25) is 14.6 Å². The fourth-order valence-electron chi connectivity index (χ4n) is 7.02. The van der Waals surface area contributed by atoms with Gasteiger partial charge in [-0.05, 0) is 86.4 Å². The fourth-order valence-corrected chi connectivity index (χ4v) is 7.02. The van der Waals surface area contributed by atoms with Crippen LogP contribution in [-0.4, -0.2) is 67.3 Å². The van der Waals surface area contributed by atoms with E-state index in [2.05, 4.69) is 80.0 Å². The van der Waals surface area contributed by atoms with Gasteiger partial charge >= 0.3 is 5.97 Å². The Bertz CT molecular complexity index is 1270. The maximum absolute atomic E-state index is 13.3. The molecule has 3 aliphatic heterocycles. The lowest BCUT2D eigenvalue weighted by Crippen LogP contribution is -2.42. The van der Waals surface area contributed by atoms with Gasteiger partial charge in [0.15, 0.2) is 0 Å². The fraction of sp³-hybridized carbons (Fsp3) is 0.605. The molecule has 1 fully saturated rings. The van der Waals surface area contributed by atoms with Crippen LogP contribution in [0.1, 0.15) is 95.8 Å². The van der Waals surface area contributed by atoms with E-state index in [0.717, 1.165) is 89.5 Å². The van der Waals surface area contributed by atoms with Crippen LogP contribution in [0, 0.1) is 5.92 Å². The third-order valence-corrected chi connectivity index (χ3v) is 9.60. The predicted octanol–water partition coefficient (Wildman–Crippen LogP) is 8.11. The van der Waals surface area contributed by atoms with Gasteiger partial charge in [0.2, 0.25) is 0 Å². The van der Waals surface area contributed by atoms with Crippen LogP contribution in [0.25, 0.3) is 5.57 Å². The summed E-state index contributed by atoms with van der Waals surface area (Å²) < 4.78 is 18.5. The van der Waals surface area contributed by atoms with E-state index >= 15 is 0 Å². The van der Waals surface area contributed by atoms with Gasteiger partial charge in [0.1, 0.15) is 17.1 Å². The summed E-state index contributed by atoms with van der Waals surface area (Å²) in [4.78, 5) is 18.2. The highest BCUT2D eigenvalue weighted by molar-refractivity contribution is 5.85. The molecule has 1 saturated heterocycles. The number of carbonyl (C=O) groups is 1. The largest absolute Gasteiger partial charge is 0.483 e. The summed E-state index contributed by atoms with van der Waals surface area (Å²) in [5, 5.41) is 0. The lowest BCUT2D eigenvalue weighted by atomic mass is 9.81. The Morgan fingerprint density at radius 3 is 2.51 bits per heavy atom. The molecule has 2 aromatic rings. The first kappa shape index (κ1) is 35.5. The van der Waals surface area contributed by atoms with Crippen LogP contribution in [-0.2, 0) is 22.5 Å². The van der Waals surface area contributed by atoms with Crippen LogP contribution in [0.4, 0.5) is 0 Å². The van der Waals surface area contributed by atoms with Crippen molar-refractivity contribution in [3.63, 3.8) is 0 Å². The molecule has 0 amide bonds. The molecule has 0 aromatic heterocycles. The highest BCUT2D eigenvalue weighted by Gasteiger charge is 2.39. The molecule has 3 heterocycles. The first-order valence-electron chi connectivity index (χ1n) is 17.2. The molecule has 0 aliphatic carbocycles. The number of halogens is 1. The topological polar surface area (TPSA) is 51.2 Å². The van der Waals surface area contributed by atoms with Crippen molar-refractivity contribution >= 4 is 23.9 Å². The number of rotatable bonds is 14. The van der Waals surface area contributed by atoms with Gasteiger partial charge in [-0.25, -0.2) is 0 Å². The molecule has 45 heavy (non-hydrogen) atoms. The van der Waals surface area contributed by atoms with Gasteiger partial charge in [0.05, 0.1) is 18.8 Å². The van der Waals surface area contributed by atoms with E-state index in [-0.39, 0.29) is 18.4 Å². The van der Waals surface area contributed by atoms with Crippen molar-refractivity contribution in [1.29, 1.82) is 0 Å². The third kappa shape index (κ3) is 9.81. The van der Waals surface area contributed by atoms with E-state index in [1.165, 1.54) is 48.0 Å². The molecule has 6 nitrogen and oxygen atoms in total. The molecule has 0 N–H and O–H groups in total. The van der Waals surface area contributed by atoms with Crippen LogP contribution < -0.4 is 9.47 Å². The van der Waals surface area contributed by atoms with E-state index in [9.17, 15) is 4.79 Å². The summed E-state index contributed by atoms with van der Waals surface area (Å²) in [5.41, 5.74) is 5.70. The molecule has 3 aliphatic rings. The smallest absolute Gasteiger partial charge is 0.311 e. The van der Waals surface area contributed by atoms with E-state index in [0.29, 0.717) is 18.1 Å². The molecule has 0 saturated carbocycles. The molecule has 5 rings (SSSR count). The highest BCUT2D eigenvalue weighted by atomic mass is 35.5. The molecule has 0 spiro atoms. The average molecular weight is 639 g/mol. The second-order valence-electron chi connectivity index (χ2n) is 13.7. The van der Waals surface area contributed by atoms with Gasteiger partial charge in [-0.15, -0.1) is 12.4 Å². The molecular weight excluding hydrogens is 584 g/mol. The SMILES string of the molecule is CCCCCC(C)CCc1cc(OC(=O)CCCN2CCOCC2)c2c(c1)OC(C)(C)C1=C2CN(Cc2ccccc2)CC1.Cl.